The van der Waals surface area contributed by atoms with Crippen LogP contribution in [0.15, 0.2) is 18.2 Å². The van der Waals surface area contributed by atoms with E-state index >= 15 is 0 Å². The van der Waals surface area contributed by atoms with E-state index in [0.29, 0.717) is 6.61 Å². The van der Waals surface area contributed by atoms with E-state index in [-0.39, 0.29) is 0 Å². The Balaban J connectivity index is 2.22. The van der Waals surface area contributed by atoms with Crippen LogP contribution >= 0.6 is 11.6 Å². The fourth-order valence-corrected chi connectivity index (χ4v) is 2.80. The smallest absolute Gasteiger partial charge is 0.120 e. The Morgan fingerprint density at radius 1 is 1.35 bits per heavy atom. The van der Waals surface area contributed by atoms with E-state index in [2.05, 4.69) is 4.98 Å². The number of ether oxygens (including phenoxy) is 1. The van der Waals surface area contributed by atoms with E-state index in [4.69, 9.17) is 16.3 Å². The molecule has 3 rings (SSSR count). The number of hydrogen-bond acceptors (Lipinski definition) is 2. The lowest BCUT2D eigenvalue weighted by molar-refractivity contribution is 0.340. The fourth-order valence-electron chi connectivity index (χ4n) is 2.44. The lowest BCUT2D eigenvalue weighted by atomic mass is 10.1. The van der Waals surface area contributed by atoms with Crippen molar-refractivity contribution in [1.82, 2.24) is 4.98 Å². The van der Waals surface area contributed by atoms with Crippen LogP contribution in [0.4, 0.5) is 0 Å². The van der Waals surface area contributed by atoms with Gasteiger partial charge in [0.05, 0.1) is 17.1 Å². The average Bonchev–Trinajstić information content (AvgIpc) is 2.79. The first-order chi connectivity index (χ1) is 8.29. The summed E-state index contributed by atoms with van der Waals surface area (Å²) < 4.78 is 5.50. The third-order valence-electron chi connectivity index (χ3n) is 3.22. The molecule has 0 saturated carbocycles. The molecular weight excluding hydrogens is 234 g/mol. The van der Waals surface area contributed by atoms with Crippen molar-refractivity contribution in [2.75, 3.05) is 6.61 Å². The summed E-state index contributed by atoms with van der Waals surface area (Å²) in [6, 6.07) is 5.94. The van der Waals surface area contributed by atoms with Gasteiger partial charge in [-0.2, -0.15) is 0 Å². The number of halogens is 1. The van der Waals surface area contributed by atoms with E-state index in [1.165, 1.54) is 11.3 Å². The molecule has 0 spiro atoms. The predicted molar refractivity (Wildman–Crippen MR) is 69.9 cm³/mol. The first-order valence-electron chi connectivity index (χ1n) is 6.03. The van der Waals surface area contributed by atoms with E-state index < -0.39 is 0 Å². The van der Waals surface area contributed by atoms with Crippen LogP contribution < -0.4 is 4.74 Å². The first-order valence-corrected chi connectivity index (χ1v) is 6.41. The molecule has 2 nitrogen and oxygen atoms in total. The zero-order valence-corrected chi connectivity index (χ0v) is 10.5. The molecule has 0 bridgehead atoms. The van der Waals surface area contributed by atoms with Gasteiger partial charge in [-0.05, 0) is 49.9 Å². The van der Waals surface area contributed by atoms with Crippen molar-refractivity contribution in [1.29, 1.82) is 0 Å². The minimum atomic E-state index is 0.668. The number of nitrogens with zero attached hydrogens (tertiary/aromatic N) is 1. The monoisotopic (exact) mass is 247 g/mol. The molecule has 0 saturated heterocycles. The maximum Gasteiger partial charge on any atom is 0.120 e. The Labute approximate surface area is 106 Å². The molecular formula is C14H14ClNO. The second kappa shape index (κ2) is 4.19. The van der Waals surface area contributed by atoms with Crippen molar-refractivity contribution < 1.29 is 4.74 Å². The van der Waals surface area contributed by atoms with Gasteiger partial charge in [-0.3, -0.25) is 4.98 Å². The molecule has 3 heteroatoms. The van der Waals surface area contributed by atoms with Crippen LogP contribution in [0.5, 0.6) is 5.75 Å². The van der Waals surface area contributed by atoms with Gasteiger partial charge in [-0.1, -0.05) is 11.6 Å². The standard InChI is InChI=1S/C14H14ClNO/c1-2-17-9-6-7-13-11(8-9)14(15)10-4-3-5-12(10)16-13/h6-8H,2-5H2,1H3. The molecule has 0 fully saturated rings. The topological polar surface area (TPSA) is 22.1 Å². The molecule has 0 radical (unpaired) electrons. The highest BCUT2D eigenvalue weighted by Gasteiger charge is 2.18. The Morgan fingerprint density at radius 2 is 2.24 bits per heavy atom. The number of aryl methyl sites for hydroxylation is 1. The number of aromatic nitrogens is 1. The van der Waals surface area contributed by atoms with Gasteiger partial charge in [-0.15, -0.1) is 0 Å². The van der Waals surface area contributed by atoms with Crippen LogP contribution in [0.3, 0.4) is 0 Å². The third kappa shape index (κ3) is 1.77. The van der Waals surface area contributed by atoms with Gasteiger partial charge < -0.3 is 4.74 Å². The summed E-state index contributed by atoms with van der Waals surface area (Å²) >= 11 is 6.46. The normalized spacial score (nSPS) is 14.0. The number of hydrogen-bond donors (Lipinski definition) is 0. The summed E-state index contributed by atoms with van der Waals surface area (Å²) in [5, 5.41) is 1.88. The minimum absolute atomic E-state index is 0.668. The van der Waals surface area contributed by atoms with E-state index in [1.807, 2.05) is 25.1 Å². The Kier molecular flexibility index (Phi) is 2.67. The van der Waals surface area contributed by atoms with E-state index in [1.54, 1.807) is 0 Å². The summed E-state index contributed by atoms with van der Waals surface area (Å²) in [7, 11) is 0. The molecule has 0 amide bonds. The van der Waals surface area contributed by atoms with Gasteiger partial charge >= 0.3 is 0 Å². The van der Waals surface area contributed by atoms with Gasteiger partial charge in [0.15, 0.2) is 0 Å². The average molecular weight is 248 g/mol. The van der Waals surface area contributed by atoms with E-state index in [0.717, 1.165) is 40.9 Å². The molecule has 0 aliphatic heterocycles. The summed E-state index contributed by atoms with van der Waals surface area (Å²) in [6.45, 7) is 2.65. The fraction of sp³-hybridized carbons (Fsp3) is 0.357. The molecule has 1 aliphatic carbocycles. The summed E-state index contributed by atoms with van der Waals surface area (Å²) in [5.41, 5.74) is 3.37. The molecule has 1 aromatic heterocycles. The van der Waals surface area contributed by atoms with Crippen molar-refractivity contribution in [2.24, 2.45) is 0 Å². The lowest BCUT2D eigenvalue weighted by Crippen LogP contribution is -1.94. The number of rotatable bonds is 2. The molecule has 1 heterocycles. The summed E-state index contributed by atoms with van der Waals surface area (Å²) in [5.74, 6) is 0.863. The van der Waals surface area contributed by atoms with Gasteiger partial charge in [0.25, 0.3) is 0 Å². The Hall–Kier alpha value is -1.28. The molecule has 0 N–H and O–H groups in total. The van der Waals surface area contributed by atoms with Crippen LogP contribution in [-0.4, -0.2) is 11.6 Å². The van der Waals surface area contributed by atoms with Crippen LogP contribution in [0, 0.1) is 0 Å². The van der Waals surface area contributed by atoms with Gasteiger partial charge in [0.1, 0.15) is 5.75 Å². The molecule has 88 valence electrons. The molecule has 17 heavy (non-hydrogen) atoms. The van der Waals surface area contributed by atoms with Crippen LogP contribution in [0.25, 0.3) is 10.9 Å². The van der Waals surface area contributed by atoms with Crippen molar-refractivity contribution in [3.8, 4) is 5.75 Å². The van der Waals surface area contributed by atoms with Crippen LogP contribution in [-0.2, 0) is 12.8 Å². The Bertz CT molecular complexity index is 580. The van der Waals surface area contributed by atoms with Crippen molar-refractivity contribution in [3.05, 3.63) is 34.5 Å². The number of pyridine rings is 1. The van der Waals surface area contributed by atoms with Crippen LogP contribution in [0.1, 0.15) is 24.6 Å². The number of fused-ring (bicyclic) bond motifs is 2. The van der Waals surface area contributed by atoms with Crippen LogP contribution in [0.2, 0.25) is 5.02 Å². The van der Waals surface area contributed by atoms with Crippen molar-refractivity contribution in [3.63, 3.8) is 0 Å². The highest BCUT2D eigenvalue weighted by Crippen LogP contribution is 2.34. The molecule has 1 aliphatic rings. The minimum Gasteiger partial charge on any atom is -0.494 e. The van der Waals surface area contributed by atoms with Gasteiger partial charge in [0.2, 0.25) is 0 Å². The highest BCUT2D eigenvalue weighted by molar-refractivity contribution is 6.36. The zero-order valence-electron chi connectivity index (χ0n) is 9.79. The quantitative estimate of drug-likeness (QED) is 0.806. The largest absolute Gasteiger partial charge is 0.494 e. The Morgan fingerprint density at radius 3 is 3.06 bits per heavy atom. The second-order valence-electron chi connectivity index (χ2n) is 4.32. The summed E-state index contributed by atoms with van der Waals surface area (Å²) in [4.78, 5) is 4.68. The molecule has 2 aromatic rings. The summed E-state index contributed by atoms with van der Waals surface area (Å²) in [6.07, 6.45) is 3.27. The van der Waals surface area contributed by atoms with E-state index in [9.17, 15) is 0 Å². The third-order valence-corrected chi connectivity index (χ3v) is 3.66. The van der Waals surface area contributed by atoms with Crippen molar-refractivity contribution >= 4 is 22.5 Å². The maximum absolute atomic E-state index is 6.46. The van der Waals surface area contributed by atoms with Crippen molar-refractivity contribution in [2.45, 2.75) is 26.2 Å². The second-order valence-corrected chi connectivity index (χ2v) is 4.69. The molecule has 0 unspecified atom stereocenters. The first kappa shape index (κ1) is 10.8. The zero-order chi connectivity index (χ0) is 11.8. The van der Waals surface area contributed by atoms with Gasteiger partial charge in [0, 0.05) is 11.1 Å². The van der Waals surface area contributed by atoms with Gasteiger partial charge in [-0.25, -0.2) is 0 Å². The maximum atomic E-state index is 6.46. The molecule has 0 atom stereocenters. The SMILES string of the molecule is CCOc1ccc2nc3c(c(Cl)c2c1)CCC3. The highest BCUT2D eigenvalue weighted by atomic mass is 35.5. The number of benzene rings is 1. The molecule has 1 aromatic carbocycles. The predicted octanol–water partition coefficient (Wildman–Crippen LogP) is 3.78. The lowest BCUT2D eigenvalue weighted by Gasteiger charge is -2.09.